The summed E-state index contributed by atoms with van der Waals surface area (Å²) in [5, 5.41) is 9.08. The molecule has 15 heavy (non-hydrogen) atoms. The SMILES string of the molecule is CC(C)c1cn2c(n1)C(C(=O)O)CCC2. The number of fused-ring (bicyclic) bond motifs is 1. The van der Waals surface area contributed by atoms with Gasteiger partial charge in [-0.1, -0.05) is 13.8 Å². The standard InChI is InChI=1S/C11H16N2O2/c1-7(2)9-6-13-5-3-4-8(11(14)15)10(13)12-9/h6-8H,3-5H2,1-2H3,(H,14,15). The van der Waals surface area contributed by atoms with Crippen molar-refractivity contribution in [3.63, 3.8) is 0 Å². The molecule has 4 nitrogen and oxygen atoms in total. The van der Waals surface area contributed by atoms with Gasteiger partial charge in [0.15, 0.2) is 0 Å². The number of hydrogen-bond acceptors (Lipinski definition) is 2. The molecule has 1 aromatic rings. The molecule has 0 saturated heterocycles. The van der Waals surface area contributed by atoms with E-state index in [9.17, 15) is 4.79 Å². The van der Waals surface area contributed by atoms with Crippen LogP contribution in [0.5, 0.6) is 0 Å². The molecule has 0 fully saturated rings. The van der Waals surface area contributed by atoms with E-state index in [1.807, 2.05) is 10.8 Å². The lowest BCUT2D eigenvalue weighted by Gasteiger charge is -2.19. The van der Waals surface area contributed by atoms with Gasteiger partial charge >= 0.3 is 5.97 Å². The van der Waals surface area contributed by atoms with E-state index in [1.54, 1.807) is 0 Å². The minimum Gasteiger partial charge on any atom is -0.481 e. The van der Waals surface area contributed by atoms with E-state index in [-0.39, 0.29) is 0 Å². The van der Waals surface area contributed by atoms with E-state index in [2.05, 4.69) is 18.8 Å². The summed E-state index contributed by atoms with van der Waals surface area (Å²) in [6.45, 7) is 5.05. The lowest BCUT2D eigenvalue weighted by Crippen LogP contribution is -2.21. The Bertz CT molecular complexity index is 382. The van der Waals surface area contributed by atoms with Crippen LogP contribution in [0.4, 0.5) is 0 Å². The van der Waals surface area contributed by atoms with Crippen LogP contribution in [0.15, 0.2) is 6.20 Å². The number of imidazole rings is 1. The van der Waals surface area contributed by atoms with Gasteiger partial charge in [0.05, 0.1) is 5.69 Å². The Balaban J connectivity index is 2.38. The number of hydrogen-bond donors (Lipinski definition) is 1. The van der Waals surface area contributed by atoms with Crippen molar-refractivity contribution in [3.8, 4) is 0 Å². The second kappa shape index (κ2) is 3.68. The normalized spacial score (nSPS) is 20.3. The van der Waals surface area contributed by atoms with Gasteiger partial charge in [-0.3, -0.25) is 4.79 Å². The Morgan fingerprint density at radius 1 is 1.67 bits per heavy atom. The predicted octanol–water partition coefficient (Wildman–Crippen LogP) is 1.97. The van der Waals surface area contributed by atoms with Gasteiger partial charge in [0, 0.05) is 12.7 Å². The predicted molar refractivity (Wildman–Crippen MR) is 55.9 cm³/mol. The summed E-state index contributed by atoms with van der Waals surface area (Å²) in [6, 6.07) is 0. The number of rotatable bonds is 2. The molecular formula is C11H16N2O2. The second-order valence-electron chi connectivity index (χ2n) is 4.41. The Hall–Kier alpha value is -1.32. The molecule has 1 N–H and O–H groups in total. The van der Waals surface area contributed by atoms with Crippen LogP contribution in [-0.4, -0.2) is 20.6 Å². The number of aryl methyl sites for hydroxylation is 1. The summed E-state index contributed by atoms with van der Waals surface area (Å²) in [4.78, 5) is 15.5. The zero-order chi connectivity index (χ0) is 11.0. The number of carboxylic acids is 1. The zero-order valence-corrected chi connectivity index (χ0v) is 9.10. The van der Waals surface area contributed by atoms with E-state index in [4.69, 9.17) is 5.11 Å². The molecule has 0 saturated carbocycles. The first kappa shape index (κ1) is 10.2. The van der Waals surface area contributed by atoms with Crippen molar-refractivity contribution in [1.82, 2.24) is 9.55 Å². The van der Waals surface area contributed by atoms with Crippen LogP contribution in [0.25, 0.3) is 0 Å². The quantitative estimate of drug-likeness (QED) is 0.808. The molecule has 1 aliphatic rings. The van der Waals surface area contributed by atoms with Crippen LogP contribution >= 0.6 is 0 Å². The number of aromatic nitrogens is 2. The van der Waals surface area contributed by atoms with E-state index in [1.165, 1.54) is 0 Å². The highest BCUT2D eigenvalue weighted by molar-refractivity contribution is 5.75. The average molecular weight is 208 g/mol. The van der Waals surface area contributed by atoms with Crippen molar-refractivity contribution in [2.75, 3.05) is 0 Å². The first-order valence-electron chi connectivity index (χ1n) is 5.39. The summed E-state index contributed by atoms with van der Waals surface area (Å²) >= 11 is 0. The number of aliphatic carboxylic acids is 1. The number of carbonyl (C=O) groups is 1. The summed E-state index contributed by atoms with van der Waals surface area (Å²) in [5.41, 5.74) is 0.998. The van der Waals surface area contributed by atoms with Gasteiger partial charge in [0.2, 0.25) is 0 Å². The van der Waals surface area contributed by atoms with Gasteiger partial charge in [-0.15, -0.1) is 0 Å². The highest BCUT2D eigenvalue weighted by Gasteiger charge is 2.28. The Morgan fingerprint density at radius 3 is 3.00 bits per heavy atom. The molecule has 1 atom stereocenters. The number of carboxylic acid groups (broad SMARTS) is 1. The van der Waals surface area contributed by atoms with Crippen molar-refractivity contribution in [3.05, 3.63) is 17.7 Å². The van der Waals surface area contributed by atoms with Gasteiger partial charge in [-0.2, -0.15) is 0 Å². The number of nitrogens with zero attached hydrogens (tertiary/aromatic N) is 2. The maximum absolute atomic E-state index is 11.0. The summed E-state index contributed by atoms with van der Waals surface area (Å²) < 4.78 is 2.00. The van der Waals surface area contributed by atoms with Crippen LogP contribution in [0.2, 0.25) is 0 Å². The molecule has 0 radical (unpaired) electrons. The largest absolute Gasteiger partial charge is 0.481 e. The van der Waals surface area contributed by atoms with Gasteiger partial charge in [-0.25, -0.2) is 4.98 Å². The fourth-order valence-corrected chi connectivity index (χ4v) is 2.02. The average Bonchev–Trinajstić information content (AvgIpc) is 2.60. The molecule has 0 amide bonds. The lowest BCUT2D eigenvalue weighted by molar-refractivity contribution is -0.139. The summed E-state index contributed by atoms with van der Waals surface area (Å²) in [6.07, 6.45) is 3.64. The molecule has 1 unspecified atom stereocenters. The lowest BCUT2D eigenvalue weighted by atomic mass is 9.99. The van der Waals surface area contributed by atoms with Crippen LogP contribution in [-0.2, 0) is 11.3 Å². The van der Waals surface area contributed by atoms with Crippen molar-refractivity contribution < 1.29 is 9.90 Å². The van der Waals surface area contributed by atoms with Gasteiger partial charge in [0.1, 0.15) is 11.7 Å². The summed E-state index contributed by atoms with van der Waals surface area (Å²) in [5.74, 6) is -0.0712. The molecular weight excluding hydrogens is 192 g/mol. The third-order valence-corrected chi connectivity index (χ3v) is 2.92. The van der Waals surface area contributed by atoms with E-state index < -0.39 is 11.9 Å². The molecule has 0 bridgehead atoms. The van der Waals surface area contributed by atoms with Gasteiger partial charge in [-0.05, 0) is 18.8 Å². The third-order valence-electron chi connectivity index (χ3n) is 2.92. The van der Waals surface area contributed by atoms with Gasteiger partial charge in [0.25, 0.3) is 0 Å². The molecule has 0 spiro atoms. The third kappa shape index (κ3) is 1.76. The van der Waals surface area contributed by atoms with Crippen LogP contribution in [0.3, 0.4) is 0 Å². The van der Waals surface area contributed by atoms with E-state index in [0.717, 1.165) is 24.5 Å². The second-order valence-corrected chi connectivity index (χ2v) is 4.41. The van der Waals surface area contributed by atoms with Crippen LogP contribution < -0.4 is 0 Å². The van der Waals surface area contributed by atoms with Crippen LogP contribution in [0, 0.1) is 0 Å². The van der Waals surface area contributed by atoms with Crippen molar-refractivity contribution in [1.29, 1.82) is 0 Å². The van der Waals surface area contributed by atoms with Crippen molar-refractivity contribution >= 4 is 5.97 Å². The molecule has 82 valence electrons. The zero-order valence-electron chi connectivity index (χ0n) is 9.10. The molecule has 0 aliphatic carbocycles. The Labute approximate surface area is 88.9 Å². The molecule has 1 aliphatic heterocycles. The van der Waals surface area contributed by atoms with Crippen molar-refractivity contribution in [2.24, 2.45) is 0 Å². The molecule has 0 aromatic carbocycles. The Morgan fingerprint density at radius 2 is 2.40 bits per heavy atom. The topological polar surface area (TPSA) is 55.1 Å². The Kier molecular flexibility index (Phi) is 2.50. The smallest absolute Gasteiger partial charge is 0.314 e. The van der Waals surface area contributed by atoms with Gasteiger partial charge < -0.3 is 9.67 Å². The first-order chi connectivity index (χ1) is 7.09. The van der Waals surface area contributed by atoms with Crippen LogP contribution in [0.1, 0.15) is 50.0 Å². The monoisotopic (exact) mass is 208 g/mol. The highest BCUT2D eigenvalue weighted by atomic mass is 16.4. The first-order valence-corrected chi connectivity index (χ1v) is 5.39. The highest BCUT2D eigenvalue weighted by Crippen LogP contribution is 2.28. The minimum absolute atomic E-state index is 0.359. The van der Waals surface area contributed by atoms with E-state index in [0.29, 0.717) is 12.3 Å². The molecule has 4 heteroatoms. The maximum Gasteiger partial charge on any atom is 0.314 e. The molecule has 2 heterocycles. The molecule has 1 aromatic heterocycles. The van der Waals surface area contributed by atoms with Crippen molar-refractivity contribution in [2.45, 2.75) is 45.1 Å². The van der Waals surface area contributed by atoms with E-state index >= 15 is 0 Å². The fraction of sp³-hybridized carbons (Fsp3) is 0.636. The molecule has 2 rings (SSSR count). The minimum atomic E-state index is -0.753. The summed E-state index contributed by atoms with van der Waals surface area (Å²) in [7, 11) is 0. The fourth-order valence-electron chi connectivity index (χ4n) is 2.02. The maximum atomic E-state index is 11.0.